The highest BCUT2D eigenvalue weighted by Gasteiger charge is 2.43. The van der Waals surface area contributed by atoms with Gasteiger partial charge in [-0.05, 0) is 51.8 Å². The fourth-order valence-corrected chi connectivity index (χ4v) is 4.78. The summed E-state index contributed by atoms with van der Waals surface area (Å²) >= 11 is 2.09. The van der Waals surface area contributed by atoms with E-state index in [-0.39, 0.29) is 0 Å². The molecule has 2 saturated heterocycles. The van der Waals surface area contributed by atoms with Crippen LogP contribution in [0.2, 0.25) is 0 Å². The molecule has 0 aromatic rings. The summed E-state index contributed by atoms with van der Waals surface area (Å²) in [5, 5.41) is 3.50. The van der Waals surface area contributed by atoms with E-state index >= 15 is 0 Å². The van der Waals surface area contributed by atoms with Gasteiger partial charge in [0.1, 0.15) is 0 Å². The first-order valence-corrected chi connectivity index (χ1v) is 8.88. The number of piperidine rings is 1. The zero-order valence-corrected chi connectivity index (χ0v) is 13.4. The fourth-order valence-electron chi connectivity index (χ4n) is 3.93. The summed E-state index contributed by atoms with van der Waals surface area (Å²) in [6.45, 7) is 6.04. The number of rotatable bonds is 6. The van der Waals surface area contributed by atoms with Gasteiger partial charge in [0.25, 0.3) is 0 Å². The number of thioether (sulfide) groups is 1. The predicted octanol–water partition coefficient (Wildman–Crippen LogP) is 3.12. The molecule has 2 aliphatic heterocycles. The Morgan fingerprint density at radius 3 is 2.11 bits per heavy atom. The van der Waals surface area contributed by atoms with Crippen LogP contribution in [0.3, 0.4) is 0 Å². The number of fused-ring (bicyclic) bond motifs is 2. The maximum absolute atomic E-state index is 3.50. The molecule has 2 rings (SSSR count). The first-order chi connectivity index (χ1) is 8.68. The van der Waals surface area contributed by atoms with Crippen molar-refractivity contribution in [2.75, 3.05) is 19.8 Å². The SMILES string of the molecule is CCC(CC)(CN1C2CCC1CC(NC)C2)SC. The Morgan fingerprint density at radius 2 is 1.72 bits per heavy atom. The maximum Gasteiger partial charge on any atom is 0.0279 e. The van der Waals surface area contributed by atoms with E-state index in [0.717, 1.165) is 18.1 Å². The molecule has 3 heteroatoms. The molecule has 0 amide bonds. The summed E-state index contributed by atoms with van der Waals surface area (Å²) < 4.78 is 0.493. The highest BCUT2D eigenvalue weighted by atomic mass is 32.2. The van der Waals surface area contributed by atoms with Crippen LogP contribution < -0.4 is 5.32 Å². The largest absolute Gasteiger partial charge is 0.317 e. The average Bonchev–Trinajstić information content (AvgIpc) is 2.66. The molecule has 2 atom stereocenters. The quantitative estimate of drug-likeness (QED) is 0.798. The topological polar surface area (TPSA) is 15.3 Å². The van der Waals surface area contributed by atoms with Crippen LogP contribution in [-0.2, 0) is 0 Å². The van der Waals surface area contributed by atoms with Crippen molar-refractivity contribution >= 4 is 11.8 Å². The van der Waals surface area contributed by atoms with E-state index in [2.05, 4.69) is 49.1 Å². The van der Waals surface area contributed by atoms with Crippen LogP contribution in [0.1, 0.15) is 52.4 Å². The van der Waals surface area contributed by atoms with Crippen molar-refractivity contribution in [3.8, 4) is 0 Å². The average molecular weight is 270 g/mol. The molecular weight excluding hydrogens is 240 g/mol. The molecule has 2 heterocycles. The molecule has 2 fully saturated rings. The van der Waals surface area contributed by atoms with Crippen LogP contribution in [0.5, 0.6) is 0 Å². The van der Waals surface area contributed by atoms with E-state index in [1.54, 1.807) is 0 Å². The van der Waals surface area contributed by atoms with Crippen LogP contribution in [0.4, 0.5) is 0 Å². The van der Waals surface area contributed by atoms with Gasteiger partial charge in [0.15, 0.2) is 0 Å². The highest BCUT2D eigenvalue weighted by molar-refractivity contribution is 8.00. The second kappa shape index (κ2) is 6.15. The third-order valence-corrected chi connectivity index (χ3v) is 7.06. The van der Waals surface area contributed by atoms with Crippen molar-refractivity contribution < 1.29 is 0 Å². The minimum Gasteiger partial charge on any atom is -0.317 e. The van der Waals surface area contributed by atoms with E-state index < -0.39 is 0 Å². The van der Waals surface area contributed by atoms with E-state index in [4.69, 9.17) is 0 Å². The monoisotopic (exact) mass is 270 g/mol. The second-order valence-electron chi connectivity index (χ2n) is 6.11. The third-order valence-electron chi connectivity index (χ3n) is 5.49. The normalized spacial score (nSPS) is 33.0. The van der Waals surface area contributed by atoms with Crippen molar-refractivity contribution in [3.63, 3.8) is 0 Å². The van der Waals surface area contributed by atoms with Crippen LogP contribution in [-0.4, -0.2) is 47.6 Å². The summed E-state index contributed by atoms with van der Waals surface area (Å²) in [6, 6.07) is 2.47. The molecule has 106 valence electrons. The van der Waals surface area contributed by atoms with Gasteiger partial charge in [-0.25, -0.2) is 0 Å². The van der Waals surface area contributed by atoms with Crippen molar-refractivity contribution in [2.45, 2.75) is 75.2 Å². The van der Waals surface area contributed by atoms with E-state index in [1.807, 2.05) is 0 Å². The highest BCUT2D eigenvalue weighted by Crippen LogP contribution is 2.40. The lowest BCUT2D eigenvalue weighted by molar-refractivity contribution is 0.105. The van der Waals surface area contributed by atoms with Gasteiger partial charge in [-0.3, -0.25) is 4.90 Å². The van der Waals surface area contributed by atoms with Gasteiger partial charge < -0.3 is 5.32 Å². The molecule has 2 unspecified atom stereocenters. The Balaban J connectivity index is 2.02. The number of hydrogen-bond acceptors (Lipinski definition) is 3. The Morgan fingerprint density at radius 1 is 1.17 bits per heavy atom. The number of nitrogens with one attached hydrogen (secondary N) is 1. The van der Waals surface area contributed by atoms with Gasteiger partial charge in [0.2, 0.25) is 0 Å². The van der Waals surface area contributed by atoms with E-state index in [0.29, 0.717) is 4.75 Å². The number of nitrogens with zero attached hydrogens (tertiary/aromatic N) is 1. The van der Waals surface area contributed by atoms with Crippen LogP contribution >= 0.6 is 11.8 Å². The standard InChI is InChI=1S/C15H30N2S/c1-5-15(6-2,18-4)11-17-13-7-8-14(17)10-12(9-13)16-3/h12-14,16H,5-11H2,1-4H3. The molecule has 0 aromatic carbocycles. The lowest BCUT2D eigenvalue weighted by Gasteiger charge is -2.44. The van der Waals surface area contributed by atoms with Crippen LogP contribution in [0.25, 0.3) is 0 Å². The molecule has 0 saturated carbocycles. The van der Waals surface area contributed by atoms with Crippen LogP contribution in [0, 0.1) is 0 Å². The Hall–Kier alpha value is 0.270. The molecule has 2 bridgehead atoms. The maximum atomic E-state index is 3.50. The van der Waals surface area contributed by atoms with Crippen molar-refractivity contribution in [1.29, 1.82) is 0 Å². The molecule has 0 radical (unpaired) electrons. The zero-order chi connectivity index (χ0) is 13.2. The lowest BCUT2D eigenvalue weighted by Crippen LogP contribution is -2.52. The van der Waals surface area contributed by atoms with Gasteiger partial charge in [0.05, 0.1) is 0 Å². The van der Waals surface area contributed by atoms with Gasteiger partial charge >= 0.3 is 0 Å². The first-order valence-electron chi connectivity index (χ1n) is 7.66. The van der Waals surface area contributed by atoms with Crippen molar-refractivity contribution in [3.05, 3.63) is 0 Å². The zero-order valence-electron chi connectivity index (χ0n) is 12.5. The van der Waals surface area contributed by atoms with E-state index in [9.17, 15) is 0 Å². The minimum absolute atomic E-state index is 0.493. The molecule has 0 spiro atoms. The van der Waals surface area contributed by atoms with Gasteiger partial charge in [0, 0.05) is 29.4 Å². The van der Waals surface area contributed by atoms with Gasteiger partial charge in [-0.2, -0.15) is 11.8 Å². The molecule has 2 nitrogen and oxygen atoms in total. The summed E-state index contributed by atoms with van der Waals surface area (Å²) in [6.07, 6.45) is 10.5. The fraction of sp³-hybridized carbons (Fsp3) is 1.00. The molecule has 1 N–H and O–H groups in total. The Labute approximate surface area is 117 Å². The summed E-state index contributed by atoms with van der Waals surface area (Å²) in [5.74, 6) is 0. The number of hydrogen-bond donors (Lipinski definition) is 1. The second-order valence-corrected chi connectivity index (χ2v) is 7.38. The summed E-state index contributed by atoms with van der Waals surface area (Å²) in [7, 11) is 2.13. The van der Waals surface area contributed by atoms with Gasteiger partial charge in [-0.1, -0.05) is 13.8 Å². The smallest absolute Gasteiger partial charge is 0.0279 e. The Kier molecular flexibility index (Phi) is 5.01. The summed E-state index contributed by atoms with van der Waals surface area (Å²) in [4.78, 5) is 2.86. The molecule has 18 heavy (non-hydrogen) atoms. The first kappa shape index (κ1) is 14.7. The van der Waals surface area contributed by atoms with Gasteiger partial charge in [-0.15, -0.1) is 0 Å². The van der Waals surface area contributed by atoms with Crippen molar-refractivity contribution in [1.82, 2.24) is 10.2 Å². The summed E-state index contributed by atoms with van der Waals surface area (Å²) in [5.41, 5.74) is 0. The minimum atomic E-state index is 0.493. The van der Waals surface area contributed by atoms with Crippen LogP contribution in [0.15, 0.2) is 0 Å². The Bertz CT molecular complexity index is 243. The molecule has 0 aromatic heterocycles. The third kappa shape index (κ3) is 2.73. The molecular formula is C15H30N2S. The predicted molar refractivity (Wildman–Crippen MR) is 82.4 cm³/mol. The van der Waals surface area contributed by atoms with E-state index in [1.165, 1.54) is 45.1 Å². The molecule has 2 aliphatic rings. The lowest BCUT2D eigenvalue weighted by atomic mass is 9.94. The van der Waals surface area contributed by atoms with Crippen molar-refractivity contribution in [2.24, 2.45) is 0 Å². The molecule has 0 aliphatic carbocycles.